The van der Waals surface area contributed by atoms with E-state index in [0.717, 1.165) is 12.1 Å². The van der Waals surface area contributed by atoms with Gasteiger partial charge in [-0.1, -0.05) is 19.1 Å². The molecule has 15 heavy (non-hydrogen) atoms. The van der Waals surface area contributed by atoms with E-state index in [2.05, 4.69) is 5.32 Å². The number of benzene rings is 1. The van der Waals surface area contributed by atoms with Crippen LogP contribution in [0.15, 0.2) is 24.3 Å². The molecule has 0 aliphatic carbocycles. The van der Waals surface area contributed by atoms with E-state index >= 15 is 0 Å². The maximum Gasteiger partial charge on any atom is 0.131 e. The van der Waals surface area contributed by atoms with Crippen LogP contribution in [0, 0.1) is 5.82 Å². The highest BCUT2D eigenvalue weighted by Crippen LogP contribution is 2.17. The standard InChI is InChI=1S/C12H16FNO/c1-3-14-12(8-9(2)15)10-4-6-11(13)7-5-10/h4-7,12,14H,3,8H2,1-2H3/t12-/m1/s1. The smallest absolute Gasteiger partial charge is 0.131 e. The summed E-state index contributed by atoms with van der Waals surface area (Å²) in [6, 6.07) is 6.25. The minimum atomic E-state index is -0.253. The van der Waals surface area contributed by atoms with Crippen LogP contribution in [0.1, 0.15) is 31.9 Å². The first-order valence-corrected chi connectivity index (χ1v) is 5.11. The van der Waals surface area contributed by atoms with E-state index in [1.54, 1.807) is 19.1 Å². The van der Waals surface area contributed by atoms with Crippen molar-refractivity contribution in [3.05, 3.63) is 35.6 Å². The maximum absolute atomic E-state index is 12.7. The average Bonchev–Trinajstić information content (AvgIpc) is 2.17. The summed E-state index contributed by atoms with van der Waals surface area (Å²) in [4.78, 5) is 11.1. The Morgan fingerprint density at radius 1 is 1.40 bits per heavy atom. The van der Waals surface area contributed by atoms with Crippen LogP contribution in [0.4, 0.5) is 4.39 Å². The Hall–Kier alpha value is -1.22. The van der Waals surface area contributed by atoms with Gasteiger partial charge in [-0.25, -0.2) is 4.39 Å². The van der Waals surface area contributed by atoms with E-state index in [4.69, 9.17) is 0 Å². The minimum absolute atomic E-state index is 0.00639. The number of hydrogen-bond donors (Lipinski definition) is 1. The highest BCUT2D eigenvalue weighted by Gasteiger charge is 2.12. The van der Waals surface area contributed by atoms with Gasteiger partial charge in [0.05, 0.1) is 0 Å². The number of hydrogen-bond acceptors (Lipinski definition) is 2. The van der Waals surface area contributed by atoms with Crippen LogP contribution < -0.4 is 5.32 Å². The summed E-state index contributed by atoms with van der Waals surface area (Å²) in [5.74, 6) is -0.123. The van der Waals surface area contributed by atoms with Gasteiger partial charge in [0, 0.05) is 12.5 Å². The topological polar surface area (TPSA) is 29.1 Å². The van der Waals surface area contributed by atoms with E-state index in [1.807, 2.05) is 6.92 Å². The van der Waals surface area contributed by atoms with Crippen LogP contribution in [-0.4, -0.2) is 12.3 Å². The monoisotopic (exact) mass is 209 g/mol. The number of halogens is 1. The summed E-state index contributed by atoms with van der Waals surface area (Å²) in [5, 5.41) is 3.21. The van der Waals surface area contributed by atoms with Gasteiger partial charge < -0.3 is 5.32 Å². The number of Topliss-reactive ketones (excluding diaryl/α,β-unsaturated/α-hetero) is 1. The molecule has 0 radical (unpaired) electrons. The average molecular weight is 209 g/mol. The van der Waals surface area contributed by atoms with Gasteiger partial charge in [-0.15, -0.1) is 0 Å². The first kappa shape index (κ1) is 11.9. The van der Waals surface area contributed by atoms with Gasteiger partial charge in [0.15, 0.2) is 0 Å². The Bertz CT molecular complexity index is 321. The molecule has 0 aliphatic heterocycles. The van der Waals surface area contributed by atoms with Crippen molar-refractivity contribution in [2.45, 2.75) is 26.3 Å². The normalized spacial score (nSPS) is 12.5. The molecule has 1 atom stereocenters. The molecule has 1 N–H and O–H groups in total. The predicted molar refractivity (Wildman–Crippen MR) is 58.1 cm³/mol. The molecular weight excluding hydrogens is 193 g/mol. The SMILES string of the molecule is CCN[C@H](CC(C)=O)c1ccc(F)cc1. The van der Waals surface area contributed by atoms with Crippen LogP contribution in [0.25, 0.3) is 0 Å². The van der Waals surface area contributed by atoms with Crippen LogP contribution in [0.2, 0.25) is 0 Å². The third-order valence-electron chi connectivity index (χ3n) is 2.21. The summed E-state index contributed by atoms with van der Waals surface area (Å²) in [5.41, 5.74) is 0.952. The van der Waals surface area contributed by atoms with Crippen molar-refractivity contribution in [2.75, 3.05) is 6.54 Å². The van der Waals surface area contributed by atoms with Crippen molar-refractivity contribution in [1.29, 1.82) is 0 Å². The summed E-state index contributed by atoms with van der Waals surface area (Å²) in [7, 11) is 0. The van der Waals surface area contributed by atoms with Gasteiger partial charge in [-0.2, -0.15) is 0 Å². The largest absolute Gasteiger partial charge is 0.310 e. The Labute approximate surface area is 89.5 Å². The van der Waals surface area contributed by atoms with Crippen LogP contribution >= 0.6 is 0 Å². The van der Waals surface area contributed by atoms with Crippen LogP contribution in [-0.2, 0) is 4.79 Å². The summed E-state index contributed by atoms with van der Waals surface area (Å²) in [6.45, 7) is 4.33. The van der Waals surface area contributed by atoms with Crippen LogP contribution in [0.3, 0.4) is 0 Å². The van der Waals surface area contributed by atoms with Crippen molar-refractivity contribution in [3.63, 3.8) is 0 Å². The maximum atomic E-state index is 12.7. The molecule has 0 aromatic heterocycles. The lowest BCUT2D eigenvalue weighted by atomic mass is 10.0. The molecule has 0 spiro atoms. The number of ketones is 1. The molecule has 1 rings (SSSR count). The molecule has 0 saturated heterocycles. The molecule has 82 valence electrons. The van der Waals surface area contributed by atoms with Crippen molar-refractivity contribution < 1.29 is 9.18 Å². The Balaban J connectivity index is 2.78. The minimum Gasteiger partial charge on any atom is -0.310 e. The second-order valence-electron chi connectivity index (χ2n) is 3.57. The molecule has 0 fully saturated rings. The Morgan fingerprint density at radius 3 is 2.47 bits per heavy atom. The molecular formula is C12H16FNO. The molecule has 0 heterocycles. The van der Waals surface area contributed by atoms with Crippen molar-refractivity contribution in [3.8, 4) is 0 Å². The van der Waals surface area contributed by atoms with Gasteiger partial charge in [0.25, 0.3) is 0 Å². The molecule has 0 unspecified atom stereocenters. The Kier molecular flexibility index (Phi) is 4.43. The second kappa shape index (κ2) is 5.61. The summed E-state index contributed by atoms with van der Waals surface area (Å²) < 4.78 is 12.7. The van der Waals surface area contributed by atoms with E-state index in [1.165, 1.54) is 12.1 Å². The fraction of sp³-hybridized carbons (Fsp3) is 0.417. The zero-order valence-electron chi connectivity index (χ0n) is 9.09. The lowest BCUT2D eigenvalue weighted by Gasteiger charge is -2.16. The van der Waals surface area contributed by atoms with Crippen LogP contribution in [0.5, 0.6) is 0 Å². The first-order chi connectivity index (χ1) is 7.13. The lowest BCUT2D eigenvalue weighted by molar-refractivity contribution is -0.117. The van der Waals surface area contributed by atoms with Crippen molar-refractivity contribution in [1.82, 2.24) is 5.32 Å². The molecule has 0 saturated carbocycles. The van der Waals surface area contributed by atoms with Gasteiger partial charge in [-0.3, -0.25) is 4.79 Å². The second-order valence-corrected chi connectivity index (χ2v) is 3.57. The van der Waals surface area contributed by atoms with Gasteiger partial charge in [0.2, 0.25) is 0 Å². The quantitative estimate of drug-likeness (QED) is 0.807. The number of carbonyl (C=O) groups excluding carboxylic acids is 1. The lowest BCUT2D eigenvalue weighted by Crippen LogP contribution is -2.22. The summed E-state index contributed by atoms with van der Waals surface area (Å²) in [6.07, 6.45) is 0.444. The van der Waals surface area contributed by atoms with Gasteiger partial charge in [-0.05, 0) is 31.2 Å². The number of rotatable bonds is 5. The molecule has 0 bridgehead atoms. The van der Waals surface area contributed by atoms with Gasteiger partial charge in [0.1, 0.15) is 11.6 Å². The summed E-state index contributed by atoms with van der Waals surface area (Å²) >= 11 is 0. The predicted octanol–water partition coefficient (Wildman–Crippen LogP) is 2.46. The van der Waals surface area contributed by atoms with E-state index in [9.17, 15) is 9.18 Å². The molecule has 1 aromatic carbocycles. The third-order valence-corrected chi connectivity index (χ3v) is 2.21. The van der Waals surface area contributed by atoms with E-state index in [0.29, 0.717) is 6.42 Å². The molecule has 1 aromatic rings. The van der Waals surface area contributed by atoms with Gasteiger partial charge >= 0.3 is 0 Å². The number of carbonyl (C=O) groups is 1. The fourth-order valence-electron chi connectivity index (χ4n) is 1.54. The Morgan fingerprint density at radius 2 is 2.00 bits per heavy atom. The molecule has 3 heteroatoms. The van der Waals surface area contributed by atoms with Crippen molar-refractivity contribution >= 4 is 5.78 Å². The fourth-order valence-corrected chi connectivity index (χ4v) is 1.54. The first-order valence-electron chi connectivity index (χ1n) is 5.11. The highest BCUT2D eigenvalue weighted by molar-refractivity contribution is 5.76. The zero-order chi connectivity index (χ0) is 11.3. The highest BCUT2D eigenvalue weighted by atomic mass is 19.1. The van der Waals surface area contributed by atoms with Crippen molar-refractivity contribution in [2.24, 2.45) is 0 Å². The molecule has 2 nitrogen and oxygen atoms in total. The van der Waals surface area contributed by atoms with E-state index in [-0.39, 0.29) is 17.6 Å². The third kappa shape index (κ3) is 3.80. The van der Waals surface area contributed by atoms with E-state index < -0.39 is 0 Å². The number of nitrogens with one attached hydrogen (secondary N) is 1. The molecule has 0 amide bonds. The zero-order valence-corrected chi connectivity index (χ0v) is 9.09. The molecule has 0 aliphatic rings.